The zero-order valence-electron chi connectivity index (χ0n) is 18.1. The van der Waals surface area contributed by atoms with Crippen molar-refractivity contribution in [2.75, 3.05) is 11.5 Å². The molecule has 1 unspecified atom stereocenters. The maximum Gasteiger partial charge on any atom is 0.300 e. The highest BCUT2D eigenvalue weighted by molar-refractivity contribution is 6.51. The van der Waals surface area contributed by atoms with Crippen LogP contribution in [0.25, 0.3) is 5.76 Å². The predicted octanol–water partition coefficient (Wildman–Crippen LogP) is 4.65. The highest BCUT2D eigenvalue weighted by Crippen LogP contribution is 2.45. The minimum absolute atomic E-state index is 0.00877. The molecule has 166 valence electrons. The zero-order chi connectivity index (χ0) is 23.1. The van der Waals surface area contributed by atoms with Crippen molar-refractivity contribution < 1.29 is 24.5 Å². The van der Waals surface area contributed by atoms with Gasteiger partial charge in [0.25, 0.3) is 11.7 Å². The van der Waals surface area contributed by atoms with Crippen molar-refractivity contribution in [3.05, 3.63) is 94.6 Å². The number of hydrogen-bond acceptors (Lipinski definition) is 5. The molecule has 3 aromatic carbocycles. The van der Waals surface area contributed by atoms with E-state index in [1.807, 2.05) is 37.3 Å². The number of hydrogen-bond donors (Lipinski definition) is 2. The molecule has 2 heterocycles. The fourth-order valence-corrected chi connectivity index (χ4v) is 4.57. The molecule has 0 radical (unpaired) electrons. The lowest BCUT2D eigenvalue weighted by Gasteiger charge is -2.26. The lowest BCUT2D eigenvalue weighted by Crippen LogP contribution is -2.29. The molecular formula is C27H23NO5. The van der Waals surface area contributed by atoms with Crippen molar-refractivity contribution in [2.45, 2.75) is 25.8 Å². The molecule has 5 rings (SSSR count). The van der Waals surface area contributed by atoms with Crippen LogP contribution in [0.15, 0.2) is 72.3 Å². The Morgan fingerprint density at radius 1 is 1.03 bits per heavy atom. The molecule has 1 atom stereocenters. The van der Waals surface area contributed by atoms with E-state index in [9.17, 15) is 19.8 Å². The lowest BCUT2D eigenvalue weighted by molar-refractivity contribution is -0.132. The van der Waals surface area contributed by atoms with Crippen molar-refractivity contribution >= 4 is 23.1 Å². The summed E-state index contributed by atoms with van der Waals surface area (Å²) >= 11 is 0. The van der Waals surface area contributed by atoms with Crippen LogP contribution < -0.4 is 9.64 Å². The number of aromatic hydroxyl groups is 1. The first-order chi connectivity index (χ1) is 16.0. The number of anilines is 1. The highest BCUT2D eigenvalue weighted by atomic mass is 16.5. The Hall–Kier alpha value is -4.06. The Morgan fingerprint density at radius 2 is 1.85 bits per heavy atom. The number of aliphatic hydroxyl groups is 1. The summed E-state index contributed by atoms with van der Waals surface area (Å²) < 4.78 is 5.66. The predicted molar refractivity (Wildman–Crippen MR) is 124 cm³/mol. The number of benzene rings is 3. The number of ether oxygens (including phenoxy) is 1. The average molecular weight is 441 g/mol. The Bertz CT molecular complexity index is 1310. The van der Waals surface area contributed by atoms with Crippen LogP contribution in [-0.4, -0.2) is 28.5 Å². The Kier molecular flexibility index (Phi) is 5.13. The number of ketones is 1. The van der Waals surface area contributed by atoms with Crippen LogP contribution in [-0.2, 0) is 16.0 Å². The molecule has 0 spiro atoms. The zero-order valence-corrected chi connectivity index (χ0v) is 18.1. The van der Waals surface area contributed by atoms with Crippen molar-refractivity contribution in [3.63, 3.8) is 0 Å². The van der Waals surface area contributed by atoms with Crippen LogP contribution in [0, 0.1) is 6.92 Å². The number of amides is 1. The molecule has 6 nitrogen and oxygen atoms in total. The topological polar surface area (TPSA) is 87.1 Å². The molecule has 1 fully saturated rings. The summed E-state index contributed by atoms with van der Waals surface area (Å²) in [5, 5.41) is 21.8. The van der Waals surface area contributed by atoms with Gasteiger partial charge in [0.2, 0.25) is 0 Å². The third kappa shape index (κ3) is 3.53. The van der Waals surface area contributed by atoms with E-state index in [2.05, 4.69) is 0 Å². The van der Waals surface area contributed by atoms with E-state index in [1.54, 1.807) is 30.3 Å². The van der Waals surface area contributed by atoms with E-state index in [1.165, 1.54) is 11.0 Å². The Morgan fingerprint density at radius 3 is 2.64 bits per heavy atom. The number of phenols is 1. The molecule has 0 aromatic heterocycles. The third-order valence-electron chi connectivity index (χ3n) is 6.13. The molecule has 0 saturated carbocycles. The molecule has 0 aliphatic carbocycles. The quantitative estimate of drug-likeness (QED) is 0.351. The number of carbonyl (C=O) groups is 2. The molecule has 1 saturated heterocycles. The van der Waals surface area contributed by atoms with Crippen molar-refractivity contribution in [1.29, 1.82) is 0 Å². The number of Topliss-reactive ketones (excluding diaryl/α,β-unsaturated/α-hetero) is 1. The SMILES string of the molecule is Cc1cccc(C2/C(=C(/O)c3ccc4c(c3)CCCO4)C(=O)C(=O)N2c2ccccc2O)c1. The van der Waals surface area contributed by atoms with Crippen LogP contribution in [0.2, 0.25) is 0 Å². The Labute approximate surface area is 191 Å². The van der Waals surface area contributed by atoms with Crippen LogP contribution >= 0.6 is 0 Å². The van der Waals surface area contributed by atoms with Crippen molar-refractivity contribution in [1.82, 2.24) is 0 Å². The van der Waals surface area contributed by atoms with Gasteiger partial charge in [-0.05, 0) is 61.2 Å². The van der Waals surface area contributed by atoms with Gasteiger partial charge in [-0.15, -0.1) is 0 Å². The van der Waals surface area contributed by atoms with Crippen LogP contribution in [0.1, 0.15) is 34.7 Å². The molecule has 2 aliphatic rings. The maximum atomic E-state index is 13.3. The minimum Gasteiger partial charge on any atom is -0.507 e. The van der Waals surface area contributed by atoms with E-state index < -0.39 is 17.7 Å². The summed E-state index contributed by atoms with van der Waals surface area (Å²) in [6.07, 6.45) is 1.68. The smallest absolute Gasteiger partial charge is 0.300 e. The normalized spacial score (nSPS) is 19.3. The summed E-state index contributed by atoms with van der Waals surface area (Å²) in [7, 11) is 0. The van der Waals surface area contributed by atoms with Crippen LogP contribution in [0.3, 0.4) is 0 Å². The van der Waals surface area contributed by atoms with Crippen molar-refractivity contribution in [2.24, 2.45) is 0 Å². The summed E-state index contributed by atoms with van der Waals surface area (Å²) in [5.74, 6) is -1.20. The molecule has 2 aliphatic heterocycles. The van der Waals surface area contributed by atoms with E-state index in [0.29, 0.717) is 17.7 Å². The Balaban J connectivity index is 1.72. The maximum absolute atomic E-state index is 13.3. The molecule has 3 aromatic rings. The number of rotatable bonds is 3. The molecule has 6 heteroatoms. The molecular weight excluding hydrogens is 418 g/mol. The first-order valence-corrected chi connectivity index (χ1v) is 10.9. The van der Waals surface area contributed by atoms with E-state index in [-0.39, 0.29) is 22.8 Å². The number of para-hydroxylation sites is 2. The first kappa shape index (κ1) is 20.8. The number of aliphatic hydroxyl groups excluding tert-OH is 1. The summed E-state index contributed by atoms with van der Waals surface area (Å²) in [6, 6.07) is 18.2. The first-order valence-electron chi connectivity index (χ1n) is 10.9. The van der Waals surface area contributed by atoms with E-state index >= 15 is 0 Å². The standard InChI is InChI=1S/C27H23NO5/c1-16-6-4-7-18(14-16)24-23(25(30)19-11-12-22-17(15-19)8-5-13-33-22)26(31)27(32)28(24)20-9-2-3-10-21(20)29/h2-4,6-7,9-12,14-15,24,29-30H,5,8,13H2,1H3/b25-23-. The number of nitrogens with zero attached hydrogens (tertiary/aromatic N) is 1. The second-order valence-electron chi connectivity index (χ2n) is 8.35. The highest BCUT2D eigenvalue weighted by Gasteiger charge is 2.47. The number of fused-ring (bicyclic) bond motifs is 1. The van der Waals surface area contributed by atoms with Gasteiger partial charge >= 0.3 is 0 Å². The lowest BCUT2D eigenvalue weighted by atomic mass is 9.93. The van der Waals surface area contributed by atoms with Gasteiger partial charge in [0.1, 0.15) is 17.3 Å². The number of aryl methyl sites for hydroxylation is 2. The van der Waals surface area contributed by atoms with Gasteiger partial charge in [-0.3, -0.25) is 14.5 Å². The average Bonchev–Trinajstić information content (AvgIpc) is 3.09. The van der Waals surface area contributed by atoms with Gasteiger partial charge in [0.15, 0.2) is 0 Å². The number of phenolic OH excluding ortho intramolecular Hbond substituents is 1. The summed E-state index contributed by atoms with van der Waals surface area (Å²) in [4.78, 5) is 27.7. The van der Waals surface area contributed by atoms with Gasteiger partial charge in [0.05, 0.1) is 23.9 Å². The molecule has 0 bridgehead atoms. The molecule has 2 N–H and O–H groups in total. The van der Waals surface area contributed by atoms with Gasteiger partial charge in [-0.1, -0.05) is 42.0 Å². The van der Waals surface area contributed by atoms with E-state index in [4.69, 9.17) is 4.74 Å². The van der Waals surface area contributed by atoms with Crippen LogP contribution in [0.5, 0.6) is 11.5 Å². The van der Waals surface area contributed by atoms with Crippen LogP contribution in [0.4, 0.5) is 5.69 Å². The van der Waals surface area contributed by atoms with E-state index in [0.717, 1.165) is 29.7 Å². The summed E-state index contributed by atoms with van der Waals surface area (Å²) in [6.45, 7) is 2.57. The second kappa shape index (κ2) is 8.13. The second-order valence-corrected chi connectivity index (χ2v) is 8.35. The molecule has 33 heavy (non-hydrogen) atoms. The monoisotopic (exact) mass is 441 g/mol. The fourth-order valence-electron chi connectivity index (χ4n) is 4.57. The van der Waals surface area contributed by atoms with Gasteiger partial charge in [-0.25, -0.2) is 0 Å². The van der Waals surface area contributed by atoms with Gasteiger partial charge in [0, 0.05) is 5.56 Å². The van der Waals surface area contributed by atoms with Crippen molar-refractivity contribution in [3.8, 4) is 11.5 Å². The fraction of sp³-hybridized carbons (Fsp3) is 0.185. The number of carbonyl (C=O) groups excluding carboxylic acids is 2. The minimum atomic E-state index is -0.884. The largest absolute Gasteiger partial charge is 0.507 e. The molecule has 1 amide bonds. The summed E-state index contributed by atoms with van der Waals surface area (Å²) in [5.41, 5.74) is 3.22. The van der Waals surface area contributed by atoms with Gasteiger partial charge in [-0.2, -0.15) is 0 Å². The third-order valence-corrected chi connectivity index (χ3v) is 6.13. The van der Waals surface area contributed by atoms with Gasteiger partial charge < -0.3 is 14.9 Å².